The Hall–Kier alpha value is -4.96. The lowest BCUT2D eigenvalue weighted by Gasteiger charge is -2.30. The van der Waals surface area contributed by atoms with Gasteiger partial charge >= 0.3 is 10.0 Å². The first kappa shape index (κ1) is 29.6. The van der Waals surface area contributed by atoms with Crippen molar-refractivity contribution in [1.29, 1.82) is 0 Å². The first-order chi connectivity index (χ1) is 19.2. The molecule has 2 aliphatic rings. The lowest BCUT2D eigenvalue weighted by molar-refractivity contribution is -0.681. The van der Waals surface area contributed by atoms with Crippen molar-refractivity contribution in [3.05, 3.63) is 35.9 Å². The molecule has 1 saturated heterocycles. The highest BCUT2D eigenvalue weighted by Crippen LogP contribution is 2.59. The summed E-state index contributed by atoms with van der Waals surface area (Å²) in [7, 11) is -2.19. The number of nitrogens with one attached hydrogen (secondary N) is 1. The van der Waals surface area contributed by atoms with E-state index in [1.54, 1.807) is 30.3 Å². The third-order valence-corrected chi connectivity index (χ3v) is 9.79. The smallest absolute Gasteiger partial charge is 0.351 e. The maximum atomic E-state index is 13.1. The quantitative estimate of drug-likeness (QED) is 0.151. The molecule has 0 aromatic heterocycles. The van der Waals surface area contributed by atoms with Crippen LogP contribution in [0.25, 0.3) is 0 Å². The average Bonchev–Trinajstić information content (AvgIpc) is 3.29. The molecule has 1 heterocycles. The van der Waals surface area contributed by atoms with Crippen LogP contribution < -0.4 is 5.32 Å². The fraction of sp³-hybridized carbons (Fsp3) is 0.250. The summed E-state index contributed by atoms with van der Waals surface area (Å²) in [5.41, 5.74) is 0.421. The topological polar surface area (TPSA) is 80.3 Å². The number of rotatable bonds is 4. The third-order valence-electron chi connectivity index (χ3n) is 6.35. The number of hydrogen-bond donors (Lipinski definition) is 1. The predicted octanol–water partition coefficient (Wildman–Crippen LogP) is 1.64. The van der Waals surface area contributed by atoms with E-state index in [4.69, 9.17) is 18.0 Å². The van der Waals surface area contributed by atoms with Crippen LogP contribution in [0.1, 0.15) is 36.0 Å². The zero-order valence-corrected chi connectivity index (χ0v) is 22.9. The molecular formula is C32H20ClN2O4S+. The standard InChI is InChI=1S/C32H19ClN2O4S/c1-3-4-5-6-7-8-9-10-11-12-13-14-15-19-24-35(2)32(40(35,38)39)23-22-28(33)29(26-32)34-31(37)25-30(36)27-20-17-16-18-21-27/h1,16-18,20-21,28-29H,22-23,25-26H2,2H3/p+1. The van der Waals surface area contributed by atoms with Crippen molar-refractivity contribution in [3.63, 3.8) is 0 Å². The van der Waals surface area contributed by atoms with Gasteiger partial charge < -0.3 is 5.32 Å². The zero-order chi connectivity index (χ0) is 29.1. The molecule has 4 unspecified atom stereocenters. The second kappa shape index (κ2) is 13.2. The summed E-state index contributed by atoms with van der Waals surface area (Å²) in [5, 5.41) is 2.28. The van der Waals surface area contributed by atoms with Gasteiger partial charge in [0, 0.05) is 53.9 Å². The highest BCUT2D eigenvalue weighted by atomic mass is 35.5. The SMILES string of the molecule is C#CC#CC#CC#CC#CC#CC#CC#C[N+]1(C)C2(CCC(Cl)C(NC(=O)CC(=O)c3ccccc3)C2)S1(=O)=O. The molecule has 1 N–H and O–H groups in total. The van der Waals surface area contributed by atoms with Crippen LogP contribution in [-0.4, -0.2) is 47.3 Å². The first-order valence-corrected chi connectivity index (χ1v) is 13.7. The summed E-state index contributed by atoms with van der Waals surface area (Å²) in [5.74, 6) is 33.2. The van der Waals surface area contributed by atoms with Gasteiger partial charge in [0.2, 0.25) is 5.91 Å². The molecule has 1 amide bonds. The number of alkyl halides is 1. The van der Waals surface area contributed by atoms with Crippen molar-refractivity contribution in [2.75, 3.05) is 7.05 Å². The number of sulfonamides is 1. The maximum absolute atomic E-state index is 13.1. The lowest BCUT2D eigenvalue weighted by Crippen LogP contribution is -2.50. The van der Waals surface area contributed by atoms with Gasteiger partial charge in [-0.25, -0.2) is 0 Å². The molecule has 1 spiro atoms. The van der Waals surface area contributed by atoms with E-state index in [1.165, 1.54) is 7.05 Å². The van der Waals surface area contributed by atoms with Crippen LogP contribution in [0.5, 0.6) is 0 Å². The molecule has 1 aliphatic carbocycles. The minimum atomic E-state index is -3.68. The van der Waals surface area contributed by atoms with Crippen LogP contribution in [0.3, 0.4) is 0 Å². The highest BCUT2D eigenvalue weighted by molar-refractivity contribution is 7.92. The Morgan fingerprint density at radius 3 is 2.02 bits per heavy atom. The van der Waals surface area contributed by atoms with Gasteiger partial charge in [-0.1, -0.05) is 30.3 Å². The van der Waals surface area contributed by atoms with Gasteiger partial charge in [-0.05, 0) is 47.9 Å². The van der Waals surface area contributed by atoms with Gasteiger partial charge in [0.15, 0.2) is 11.8 Å². The molecule has 1 aromatic rings. The fourth-order valence-corrected chi connectivity index (χ4v) is 7.00. The van der Waals surface area contributed by atoms with Gasteiger partial charge in [0.25, 0.3) is 4.87 Å². The summed E-state index contributed by atoms with van der Waals surface area (Å²) in [4.78, 5) is 23.7. The Bertz CT molecular complexity index is 1830. The number of terminal acetylenes is 1. The summed E-state index contributed by atoms with van der Waals surface area (Å²) < 4.78 is 25.7. The van der Waals surface area contributed by atoms with Gasteiger partial charge in [0.1, 0.15) is 0 Å². The second-order valence-electron chi connectivity index (χ2n) is 8.63. The van der Waals surface area contributed by atoms with E-state index in [2.05, 4.69) is 94.2 Å². The predicted molar refractivity (Wildman–Crippen MR) is 152 cm³/mol. The molecule has 6 nitrogen and oxygen atoms in total. The third kappa shape index (κ3) is 6.54. The van der Waals surface area contributed by atoms with Gasteiger partial charge in [-0.15, -0.1) is 21.9 Å². The second-order valence-corrected chi connectivity index (χ2v) is 11.6. The van der Waals surface area contributed by atoms with E-state index in [9.17, 15) is 18.0 Å². The van der Waals surface area contributed by atoms with Crippen molar-refractivity contribution < 1.29 is 21.9 Å². The van der Waals surface area contributed by atoms with Crippen LogP contribution in [0.4, 0.5) is 0 Å². The van der Waals surface area contributed by atoms with Crippen LogP contribution in [0.2, 0.25) is 0 Å². The van der Waals surface area contributed by atoms with Crippen LogP contribution in [0, 0.1) is 95.4 Å². The number of Topliss-reactive ketones (excluding diaryl/α,β-unsaturated/α-hetero) is 1. The fourth-order valence-electron chi connectivity index (χ4n) is 4.27. The molecule has 3 rings (SSSR count). The summed E-state index contributed by atoms with van der Waals surface area (Å²) in [6.45, 7) is 0. The molecule has 2 fully saturated rings. The number of nitrogens with zero attached hydrogens (tertiary/aromatic N) is 1. The number of ketones is 1. The first-order valence-electron chi connectivity index (χ1n) is 11.8. The molecule has 0 bridgehead atoms. The number of benzene rings is 1. The lowest BCUT2D eigenvalue weighted by atomic mass is 9.89. The van der Waals surface area contributed by atoms with E-state index in [0.29, 0.717) is 12.0 Å². The minimum Gasteiger partial charge on any atom is -0.351 e. The van der Waals surface area contributed by atoms with Crippen LogP contribution >= 0.6 is 11.6 Å². The van der Waals surface area contributed by atoms with Crippen molar-refractivity contribution in [2.24, 2.45) is 0 Å². The maximum Gasteiger partial charge on any atom is 0.369 e. The van der Waals surface area contributed by atoms with E-state index >= 15 is 0 Å². The van der Waals surface area contributed by atoms with Gasteiger partial charge in [-0.3, -0.25) is 9.59 Å². The largest absolute Gasteiger partial charge is 0.369 e. The Morgan fingerprint density at radius 2 is 1.48 bits per heavy atom. The average molecular weight is 564 g/mol. The van der Waals surface area contributed by atoms with E-state index < -0.39 is 36.1 Å². The number of quaternary nitrogens is 1. The van der Waals surface area contributed by atoms with Gasteiger partial charge in [0.05, 0.1) is 30.8 Å². The Labute approximate surface area is 240 Å². The van der Waals surface area contributed by atoms with E-state index in [-0.39, 0.29) is 25.0 Å². The van der Waals surface area contributed by atoms with Crippen molar-refractivity contribution in [3.8, 4) is 95.4 Å². The molecule has 4 atom stereocenters. The molecule has 194 valence electrons. The Morgan fingerprint density at radius 1 is 0.950 bits per heavy atom. The summed E-state index contributed by atoms with van der Waals surface area (Å²) in [6, 6.07) is 10.5. The number of carbonyl (C=O) groups is 2. The molecule has 1 saturated carbocycles. The molecule has 1 aliphatic heterocycles. The number of hydrogen-bond acceptors (Lipinski definition) is 4. The van der Waals surface area contributed by atoms with Crippen LogP contribution in [0.15, 0.2) is 30.3 Å². The van der Waals surface area contributed by atoms with Crippen molar-refractivity contribution >= 4 is 33.3 Å². The van der Waals surface area contributed by atoms with E-state index in [1.807, 2.05) is 0 Å². The molecule has 1 aromatic carbocycles. The molecule has 0 radical (unpaired) electrons. The molecular weight excluding hydrogens is 544 g/mol. The Balaban J connectivity index is 1.63. The molecule has 40 heavy (non-hydrogen) atoms. The number of carbonyl (C=O) groups excluding carboxylic acids is 2. The molecule has 8 heteroatoms. The van der Waals surface area contributed by atoms with E-state index in [0.717, 1.165) is 0 Å². The van der Waals surface area contributed by atoms with Crippen molar-refractivity contribution in [2.45, 2.75) is 42.0 Å². The zero-order valence-electron chi connectivity index (χ0n) is 21.3. The monoisotopic (exact) mass is 563 g/mol. The van der Waals surface area contributed by atoms with Crippen LogP contribution in [-0.2, 0) is 14.8 Å². The minimum absolute atomic E-state index is 0.0741. The van der Waals surface area contributed by atoms with Gasteiger partial charge in [-0.2, -0.15) is 8.42 Å². The number of halogens is 1. The normalized spacial score (nSPS) is 23.9. The number of amides is 1. The highest BCUT2D eigenvalue weighted by Gasteiger charge is 2.86. The summed E-state index contributed by atoms with van der Waals surface area (Å²) in [6.07, 6.45) is 5.31. The summed E-state index contributed by atoms with van der Waals surface area (Å²) >= 11 is 6.45. The Kier molecular flexibility index (Phi) is 9.77. The van der Waals surface area contributed by atoms with Crippen molar-refractivity contribution in [1.82, 2.24) is 5.32 Å².